The van der Waals surface area contributed by atoms with Gasteiger partial charge in [0.2, 0.25) is 0 Å². The molecule has 0 amide bonds. The quantitative estimate of drug-likeness (QED) is 0.399. The summed E-state index contributed by atoms with van der Waals surface area (Å²) in [5, 5.41) is 8.07. The Balaban J connectivity index is -0.000000320. The third-order valence-corrected chi connectivity index (χ3v) is 0.809. The normalized spacial score (nSPS) is 10.4. The molecule has 0 aromatic rings. The average molecular weight is 202 g/mol. The monoisotopic (exact) mass is 202 g/mol. The van der Waals surface area contributed by atoms with E-state index < -0.39 is 17.3 Å². The van der Waals surface area contributed by atoms with Crippen molar-refractivity contribution in [3.63, 3.8) is 0 Å². The molecule has 0 spiro atoms. The van der Waals surface area contributed by atoms with Crippen molar-refractivity contribution in [2.24, 2.45) is 0 Å². The maximum atomic E-state index is 10.1. The molecule has 8 heteroatoms. The van der Waals surface area contributed by atoms with Gasteiger partial charge < -0.3 is 9.29 Å². The van der Waals surface area contributed by atoms with Gasteiger partial charge in [-0.05, 0) is 0 Å². The van der Waals surface area contributed by atoms with Crippen LogP contribution in [0.15, 0.2) is 0 Å². The Morgan fingerprint density at radius 3 is 2.18 bits per heavy atom. The van der Waals surface area contributed by atoms with Gasteiger partial charge in [-0.1, -0.05) is 0 Å². The second-order valence-electron chi connectivity index (χ2n) is 1.15. The van der Waals surface area contributed by atoms with Crippen molar-refractivity contribution in [2.75, 3.05) is 6.61 Å². The Hall–Kier alpha value is 1.54. The Labute approximate surface area is 111 Å². The number of hydrogen-bond acceptors (Lipinski definition) is 4. The predicted octanol–water partition coefficient (Wildman–Crippen LogP) is -2.25. The van der Waals surface area contributed by atoms with Crippen molar-refractivity contribution in [1.82, 2.24) is 0 Å². The fraction of sp³-hybridized carbons (Fsp3) is 0.667. The molecule has 0 bridgehead atoms. The minimum absolute atomic E-state index is 0. The van der Waals surface area contributed by atoms with Crippen LogP contribution in [0.3, 0.4) is 0 Å². The first kappa shape index (κ1) is 18.3. The third kappa shape index (κ3) is 14.4. The van der Waals surface area contributed by atoms with E-state index in [-0.39, 0.29) is 72.1 Å². The summed E-state index contributed by atoms with van der Waals surface area (Å²) in [5.41, 5.74) is 0. The van der Waals surface area contributed by atoms with Gasteiger partial charge in [0.25, 0.3) is 0 Å². The van der Waals surface area contributed by atoms with E-state index in [1.54, 1.807) is 0 Å². The second-order valence-corrected chi connectivity index (χ2v) is 1.75. The molecular weight excluding hydrogens is 194 g/mol. The van der Waals surface area contributed by atoms with Gasteiger partial charge in [0.1, 0.15) is 0 Å². The van der Waals surface area contributed by atoms with Crippen molar-refractivity contribution in [3.8, 4) is 0 Å². The van der Waals surface area contributed by atoms with E-state index in [0.29, 0.717) is 0 Å². The van der Waals surface area contributed by atoms with Crippen LogP contribution in [0, 0.1) is 0 Å². The first-order valence-electron chi connectivity index (χ1n) is 2.09. The van der Waals surface area contributed by atoms with Gasteiger partial charge in [0.15, 0.2) is 0 Å². The van der Waals surface area contributed by atoms with Gasteiger partial charge in [-0.25, -0.2) is 0 Å². The summed E-state index contributed by atoms with van der Waals surface area (Å²) >= 11 is -2.56. The SMILES string of the molecule is O=C(CCO)OS(=O)O.[NaH].[NaH]. The zero-order valence-corrected chi connectivity index (χ0v) is 5.26. The van der Waals surface area contributed by atoms with Gasteiger partial charge >= 0.3 is 76.4 Å². The van der Waals surface area contributed by atoms with Crippen LogP contribution in [0.25, 0.3) is 0 Å². The molecule has 1 unspecified atom stereocenters. The summed E-state index contributed by atoms with van der Waals surface area (Å²) < 4.78 is 21.3. The van der Waals surface area contributed by atoms with E-state index in [2.05, 4.69) is 4.18 Å². The molecule has 0 saturated heterocycles. The average Bonchev–Trinajstić information content (AvgIpc) is 1.63. The van der Waals surface area contributed by atoms with E-state index >= 15 is 0 Å². The van der Waals surface area contributed by atoms with E-state index in [1.165, 1.54) is 0 Å². The fourth-order valence-corrected chi connectivity index (χ4v) is 0.455. The molecule has 1 atom stereocenters. The Kier molecular flexibility index (Phi) is 19.2. The van der Waals surface area contributed by atoms with Crippen LogP contribution in [0.1, 0.15) is 6.42 Å². The molecule has 0 radical (unpaired) electrons. The molecule has 0 saturated carbocycles. The van der Waals surface area contributed by atoms with Gasteiger partial charge in [-0.2, -0.15) is 4.21 Å². The van der Waals surface area contributed by atoms with Crippen molar-refractivity contribution in [2.45, 2.75) is 6.42 Å². The predicted molar refractivity (Wildman–Crippen MR) is 42.9 cm³/mol. The summed E-state index contributed by atoms with van der Waals surface area (Å²) in [6, 6.07) is 0. The van der Waals surface area contributed by atoms with Gasteiger partial charge in [-0.15, -0.1) is 0 Å². The van der Waals surface area contributed by atoms with Crippen LogP contribution < -0.4 is 0 Å². The number of aliphatic hydroxyl groups excluding tert-OH is 1. The Bertz CT molecular complexity index is 129. The van der Waals surface area contributed by atoms with Crippen molar-refractivity contribution in [3.05, 3.63) is 0 Å². The van der Waals surface area contributed by atoms with E-state index in [9.17, 15) is 9.00 Å². The van der Waals surface area contributed by atoms with Crippen LogP contribution in [-0.2, 0) is 20.3 Å². The zero-order valence-electron chi connectivity index (χ0n) is 4.44. The molecule has 0 rings (SSSR count). The maximum absolute atomic E-state index is 10.1. The first-order chi connectivity index (χ1) is 4.16. The molecule has 0 aliphatic heterocycles. The summed E-state index contributed by atoms with van der Waals surface area (Å²) in [6.45, 7) is -0.379. The number of hydrogen-bond donors (Lipinski definition) is 2. The van der Waals surface area contributed by atoms with Crippen LogP contribution in [-0.4, -0.2) is 85.6 Å². The van der Waals surface area contributed by atoms with Crippen LogP contribution >= 0.6 is 0 Å². The zero-order chi connectivity index (χ0) is 7.28. The third-order valence-electron chi connectivity index (χ3n) is 0.480. The minimum atomic E-state index is -2.56. The second kappa shape index (κ2) is 11.5. The molecule has 0 fully saturated rings. The van der Waals surface area contributed by atoms with E-state index in [1.807, 2.05) is 0 Å². The first-order valence-corrected chi connectivity index (χ1v) is 3.13. The standard InChI is InChI=1S/C3H6O5S.2Na.2H/c4-2-1-3(5)8-9(6)7;;;;/h4H,1-2H2,(H,6,7);;;;. The molecule has 0 aliphatic rings. The molecule has 58 valence electrons. The van der Waals surface area contributed by atoms with Gasteiger partial charge in [-0.3, -0.25) is 9.35 Å². The van der Waals surface area contributed by atoms with E-state index in [4.69, 9.17) is 9.66 Å². The molecule has 0 aromatic carbocycles. The van der Waals surface area contributed by atoms with E-state index in [0.717, 1.165) is 0 Å². The van der Waals surface area contributed by atoms with Gasteiger partial charge in [0.05, 0.1) is 13.0 Å². The Morgan fingerprint density at radius 2 is 1.91 bits per heavy atom. The number of carbonyl (C=O) groups is 1. The van der Waals surface area contributed by atoms with Crippen molar-refractivity contribution >= 4 is 76.4 Å². The summed E-state index contributed by atoms with van der Waals surface area (Å²) in [4.78, 5) is 10.1. The van der Waals surface area contributed by atoms with Gasteiger partial charge in [0, 0.05) is 0 Å². The summed E-state index contributed by atoms with van der Waals surface area (Å²) in [5.74, 6) is -0.890. The number of aliphatic hydroxyl groups is 1. The molecule has 0 heterocycles. The van der Waals surface area contributed by atoms with Crippen molar-refractivity contribution in [1.29, 1.82) is 0 Å². The fourth-order valence-electron chi connectivity index (χ4n) is 0.212. The summed E-state index contributed by atoms with van der Waals surface area (Å²) in [6.07, 6.45) is -0.258. The van der Waals surface area contributed by atoms with Crippen LogP contribution in [0.5, 0.6) is 0 Å². The molecule has 11 heavy (non-hydrogen) atoms. The van der Waals surface area contributed by atoms with Crippen molar-refractivity contribution < 1.29 is 22.8 Å². The summed E-state index contributed by atoms with van der Waals surface area (Å²) in [7, 11) is 0. The topological polar surface area (TPSA) is 83.8 Å². The number of carbonyl (C=O) groups excluding carboxylic acids is 1. The molecular formula is C3H8Na2O5S. The molecule has 0 aliphatic carbocycles. The Morgan fingerprint density at radius 1 is 1.45 bits per heavy atom. The number of rotatable bonds is 3. The van der Waals surface area contributed by atoms with Crippen LogP contribution in [0.2, 0.25) is 0 Å². The molecule has 2 N–H and O–H groups in total. The molecule has 5 nitrogen and oxygen atoms in total. The van der Waals surface area contributed by atoms with Crippen LogP contribution in [0.4, 0.5) is 0 Å². The molecule has 0 aromatic heterocycles.